The summed E-state index contributed by atoms with van der Waals surface area (Å²) < 4.78 is 18.6. The number of nitrogens with one attached hydrogen (secondary N) is 1. The number of hydrogen-bond acceptors (Lipinski definition) is 5. The second kappa shape index (κ2) is 6.63. The van der Waals surface area contributed by atoms with Crippen molar-refractivity contribution in [1.82, 2.24) is 4.98 Å². The molecule has 0 fully saturated rings. The molecule has 0 saturated carbocycles. The van der Waals surface area contributed by atoms with Gasteiger partial charge in [0.05, 0.1) is 18.2 Å². The molecule has 0 aliphatic carbocycles. The fourth-order valence-corrected chi connectivity index (χ4v) is 1.53. The first-order valence-electron chi connectivity index (χ1n) is 5.31. The minimum absolute atomic E-state index is 0.00352. The predicted molar refractivity (Wildman–Crippen MR) is 67.5 cm³/mol. The molecule has 0 aromatic carbocycles. The van der Waals surface area contributed by atoms with E-state index >= 15 is 0 Å². The number of carbonyl (C=O) groups excluding carboxylic acids is 1. The van der Waals surface area contributed by atoms with Gasteiger partial charge in [-0.05, 0) is 13.0 Å². The number of nitrogens with two attached hydrogens (primary N) is 1. The van der Waals surface area contributed by atoms with Crippen LogP contribution < -0.4 is 11.1 Å². The zero-order chi connectivity index (χ0) is 13.7. The summed E-state index contributed by atoms with van der Waals surface area (Å²) >= 11 is 5.73. The summed E-state index contributed by atoms with van der Waals surface area (Å²) in [6.45, 7) is 2.06. The van der Waals surface area contributed by atoms with Gasteiger partial charge >= 0.3 is 0 Å². The van der Waals surface area contributed by atoms with E-state index < -0.39 is 5.82 Å². The van der Waals surface area contributed by atoms with Gasteiger partial charge in [-0.25, -0.2) is 9.37 Å². The van der Waals surface area contributed by atoms with Gasteiger partial charge in [-0.3, -0.25) is 4.79 Å². The van der Waals surface area contributed by atoms with E-state index in [9.17, 15) is 9.18 Å². The molecule has 7 heteroatoms. The molecule has 1 heterocycles. The average Bonchev–Trinajstić information content (AvgIpc) is 2.32. The van der Waals surface area contributed by atoms with Crippen LogP contribution in [0.15, 0.2) is 6.07 Å². The highest BCUT2D eigenvalue weighted by molar-refractivity contribution is 6.31. The van der Waals surface area contributed by atoms with Crippen molar-refractivity contribution in [2.75, 3.05) is 19.0 Å². The SMILES string of the molecule is COC[C@@H](Nc1nc(Cl)c(C=O)cc1F)[C@H](C)N. The Labute approximate surface area is 109 Å². The molecule has 0 aliphatic rings. The van der Waals surface area contributed by atoms with Crippen LogP contribution in [0.4, 0.5) is 10.2 Å². The fourth-order valence-electron chi connectivity index (χ4n) is 1.34. The molecule has 0 spiro atoms. The third-order valence-corrected chi connectivity index (χ3v) is 2.69. The summed E-state index contributed by atoms with van der Waals surface area (Å²) in [6, 6.07) is 0.446. The average molecular weight is 276 g/mol. The third kappa shape index (κ3) is 3.63. The standard InChI is InChI=1S/C11H15ClFN3O2/c1-6(14)9(5-18-2)15-11-8(13)3-7(4-17)10(12)16-11/h3-4,6,9H,5,14H2,1-2H3,(H,15,16)/t6-,9+/m0/s1. The molecule has 1 aromatic rings. The van der Waals surface area contributed by atoms with Crippen molar-refractivity contribution in [3.63, 3.8) is 0 Å². The number of aromatic nitrogens is 1. The summed E-state index contributed by atoms with van der Waals surface area (Å²) in [7, 11) is 1.52. The van der Waals surface area contributed by atoms with E-state index in [0.717, 1.165) is 6.07 Å². The molecular formula is C11H15ClFN3O2. The number of rotatable bonds is 6. The number of ether oxygens (including phenoxy) is 1. The van der Waals surface area contributed by atoms with E-state index in [2.05, 4.69) is 10.3 Å². The number of pyridine rings is 1. The normalized spacial score (nSPS) is 14.1. The van der Waals surface area contributed by atoms with Crippen LogP contribution in [-0.2, 0) is 4.74 Å². The highest BCUT2D eigenvalue weighted by atomic mass is 35.5. The molecule has 1 rings (SSSR count). The molecule has 0 amide bonds. The number of halogens is 2. The van der Waals surface area contributed by atoms with Crippen LogP contribution in [0.3, 0.4) is 0 Å². The van der Waals surface area contributed by atoms with Crippen LogP contribution in [0.25, 0.3) is 0 Å². The molecule has 3 N–H and O–H groups in total. The molecule has 0 radical (unpaired) electrons. The maximum Gasteiger partial charge on any atom is 0.166 e. The summed E-state index contributed by atoms with van der Waals surface area (Å²) in [5.41, 5.74) is 5.74. The first-order valence-corrected chi connectivity index (χ1v) is 5.69. The van der Waals surface area contributed by atoms with Crippen LogP contribution in [0.2, 0.25) is 5.15 Å². The van der Waals surface area contributed by atoms with Gasteiger partial charge in [0.2, 0.25) is 0 Å². The van der Waals surface area contributed by atoms with Gasteiger partial charge in [-0.1, -0.05) is 11.6 Å². The fraction of sp³-hybridized carbons (Fsp3) is 0.455. The first kappa shape index (κ1) is 14.8. The van der Waals surface area contributed by atoms with Gasteiger partial charge in [0.1, 0.15) is 5.15 Å². The molecule has 0 unspecified atom stereocenters. The van der Waals surface area contributed by atoms with E-state index in [1.54, 1.807) is 6.92 Å². The molecule has 18 heavy (non-hydrogen) atoms. The molecule has 5 nitrogen and oxygen atoms in total. The zero-order valence-corrected chi connectivity index (χ0v) is 10.9. The van der Waals surface area contributed by atoms with Gasteiger partial charge in [0.25, 0.3) is 0 Å². The van der Waals surface area contributed by atoms with Crippen molar-refractivity contribution >= 4 is 23.7 Å². The first-order chi connectivity index (χ1) is 8.49. The second-order valence-corrected chi connectivity index (χ2v) is 4.24. The van der Waals surface area contributed by atoms with Crippen LogP contribution in [-0.4, -0.2) is 37.1 Å². The number of carbonyl (C=O) groups is 1. The smallest absolute Gasteiger partial charge is 0.166 e. The Kier molecular flexibility index (Phi) is 5.46. The summed E-state index contributed by atoms with van der Waals surface area (Å²) in [5.74, 6) is -0.715. The summed E-state index contributed by atoms with van der Waals surface area (Å²) in [4.78, 5) is 14.4. The molecule has 100 valence electrons. The van der Waals surface area contributed by atoms with Crippen LogP contribution in [0.5, 0.6) is 0 Å². The van der Waals surface area contributed by atoms with E-state index in [1.165, 1.54) is 7.11 Å². The topological polar surface area (TPSA) is 77.2 Å². The number of methoxy groups -OCH3 is 1. The number of nitrogens with zero attached hydrogens (tertiary/aromatic N) is 1. The Bertz CT molecular complexity index is 429. The van der Waals surface area contributed by atoms with Crippen molar-refractivity contribution < 1.29 is 13.9 Å². The Morgan fingerprint density at radius 1 is 1.72 bits per heavy atom. The Morgan fingerprint density at radius 2 is 2.39 bits per heavy atom. The van der Waals surface area contributed by atoms with E-state index in [0.29, 0.717) is 12.9 Å². The van der Waals surface area contributed by atoms with Gasteiger partial charge in [0, 0.05) is 13.2 Å². The zero-order valence-electron chi connectivity index (χ0n) is 10.1. The van der Waals surface area contributed by atoms with Crippen molar-refractivity contribution in [2.24, 2.45) is 5.73 Å². The number of anilines is 1. The maximum absolute atomic E-state index is 13.7. The Balaban J connectivity index is 2.95. The monoisotopic (exact) mass is 275 g/mol. The van der Waals surface area contributed by atoms with Crippen molar-refractivity contribution in [2.45, 2.75) is 19.0 Å². The van der Waals surface area contributed by atoms with Gasteiger partial charge in [-0.15, -0.1) is 0 Å². The minimum atomic E-state index is -0.664. The van der Waals surface area contributed by atoms with E-state index in [1.807, 2.05) is 0 Å². The third-order valence-electron chi connectivity index (χ3n) is 2.39. The Morgan fingerprint density at radius 3 is 2.89 bits per heavy atom. The molecule has 1 aromatic heterocycles. The Hall–Kier alpha value is -1.24. The van der Waals surface area contributed by atoms with Crippen molar-refractivity contribution in [1.29, 1.82) is 0 Å². The quantitative estimate of drug-likeness (QED) is 0.607. The molecule has 0 saturated heterocycles. The lowest BCUT2D eigenvalue weighted by Crippen LogP contribution is -2.41. The largest absolute Gasteiger partial charge is 0.382 e. The van der Waals surface area contributed by atoms with Crippen LogP contribution in [0, 0.1) is 5.82 Å². The highest BCUT2D eigenvalue weighted by Gasteiger charge is 2.17. The second-order valence-electron chi connectivity index (χ2n) is 3.88. The lowest BCUT2D eigenvalue weighted by Gasteiger charge is -2.22. The highest BCUT2D eigenvalue weighted by Crippen LogP contribution is 2.20. The van der Waals surface area contributed by atoms with Gasteiger partial charge in [-0.2, -0.15) is 0 Å². The number of hydrogen-bond donors (Lipinski definition) is 2. The van der Waals surface area contributed by atoms with Crippen molar-refractivity contribution in [3.8, 4) is 0 Å². The molecule has 0 aliphatic heterocycles. The van der Waals surface area contributed by atoms with Crippen LogP contribution >= 0.6 is 11.6 Å². The lowest BCUT2D eigenvalue weighted by atomic mass is 10.1. The van der Waals surface area contributed by atoms with Crippen molar-refractivity contribution in [3.05, 3.63) is 22.6 Å². The van der Waals surface area contributed by atoms with E-state index in [-0.39, 0.29) is 28.6 Å². The molecule has 0 bridgehead atoms. The summed E-state index contributed by atoms with van der Waals surface area (Å²) in [6.07, 6.45) is 0.445. The predicted octanol–water partition coefficient (Wildman–Crippen LogP) is 1.46. The molecule has 2 atom stereocenters. The number of aldehydes is 1. The van der Waals surface area contributed by atoms with Crippen LogP contribution in [0.1, 0.15) is 17.3 Å². The molecular weight excluding hydrogens is 261 g/mol. The summed E-state index contributed by atoms with van der Waals surface area (Å²) in [5, 5.41) is 2.74. The van der Waals surface area contributed by atoms with Gasteiger partial charge < -0.3 is 15.8 Å². The maximum atomic E-state index is 13.7. The lowest BCUT2D eigenvalue weighted by molar-refractivity contribution is 0.112. The minimum Gasteiger partial charge on any atom is -0.382 e. The van der Waals surface area contributed by atoms with E-state index in [4.69, 9.17) is 22.1 Å². The van der Waals surface area contributed by atoms with Gasteiger partial charge in [0.15, 0.2) is 17.9 Å².